The fourth-order valence-corrected chi connectivity index (χ4v) is 2.69. The van der Waals surface area contributed by atoms with Gasteiger partial charge in [0.1, 0.15) is 12.3 Å². The number of guanidine groups is 1. The summed E-state index contributed by atoms with van der Waals surface area (Å²) in [5.41, 5.74) is 0.898. The molecule has 0 saturated carbocycles. The highest BCUT2D eigenvalue weighted by atomic mass is 127. The Morgan fingerprint density at radius 2 is 2.04 bits per heavy atom. The van der Waals surface area contributed by atoms with E-state index in [-0.39, 0.29) is 36.1 Å². The number of halogens is 1. The number of carbonyl (C=O) groups excluding carboxylic acids is 1. The summed E-state index contributed by atoms with van der Waals surface area (Å²) >= 11 is 0. The molecule has 1 fully saturated rings. The fourth-order valence-electron chi connectivity index (χ4n) is 2.69. The molecule has 2 rings (SSSR count). The standard InChI is InChI=1S/C17H29N5O3.HI/c1-5-18-16(19-11-15-20-12(3)13(4)25-15)21-14-7-9-22(10-8-14)17(23)24-6-2;/h14H,5-11H2,1-4H3,(H2,18,19,21);1H. The predicted octanol–water partition coefficient (Wildman–Crippen LogP) is 2.59. The van der Waals surface area contributed by atoms with Crippen LogP contribution in [0.25, 0.3) is 0 Å². The van der Waals surface area contributed by atoms with Crippen molar-refractivity contribution < 1.29 is 13.9 Å². The van der Waals surface area contributed by atoms with E-state index in [1.807, 2.05) is 27.7 Å². The molecule has 148 valence electrons. The Morgan fingerprint density at radius 3 is 2.58 bits per heavy atom. The number of nitrogens with one attached hydrogen (secondary N) is 2. The van der Waals surface area contributed by atoms with E-state index in [1.54, 1.807) is 4.90 Å². The maximum absolute atomic E-state index is 11.7. The highest BCUT2D eigenvalue weighted by Crippen LogP contribution is 2.12. The third-order valence-corrected chi connectivity index (χ3v) is 4.15. The van der Waals surface area contributed by atoms with Crippen LogP contribution in [0.4, 0.5) is 4.79 Å². The minimum absolute atomic E-state index is 0. The monoisotopic (exact) mass is 479 g/mol. The number of aliphatic imine (C=N–C) groups is 1. The first kappa shape index (κ1) is 22.5. The summed E-state index contributed by atoms with van der Waals surface area (Å²) < 4.78 is 10.6. The molecule has 2 heterocycles. The molecule has 26 heavy (non-hydrogen) atoms. The quantitative estimate of drug-likeness (QED) is 0.383. The van der Waals surface area contributed by atoms with Crippen LogP contribution >= 0.6 is 24.0 Å². The number of aryl methyl sites for hydroxylation is 2. The van der Waals surface area contributed by atoms with Crippen molar-refractivity contribution >= 4 is 36.0 Å². The molecular weight excluding hydrogens is 449 g/mol. The number of amides is 1. The Kier molecular flexibility index (Phi) is 9.74. The number of oxazole rings is 1. The summed E-state index contributed by atoms with van der Waals surface area (Å²) in [5, 5.41) is 6.67. The summed E-state index contributed by atoms with van der Waals surface area (Å²) in [6.07, 6.45) is 1.50. The summed E-state index contributed by atoms with van der Waals surface area (Å²) in [5.74, 6) is 2.18. The van der Waals surface area contributed by atoms with Gasteiger partial charge < -0.3 is 24.7 Å². The van der Waals surface area contributed by atoms with Crippen molar-refractivity contribution in [2.45, 2.75) is 53.1 Å². The van der Waals surface area contributed by atoms with Crippen LogP contribution in [0.15, 0.2) is 9.41 Å². The SMILES string of the molecule is CCNC(=NCc1nc(C)c(C)o1)NC1CCN(C(=O)OCC)CC1.I. The number of nitrogens with zero attached hydrogens (tertiary/aromatic N) is 3. The average Bonchev–Trinajstić information content (AvgIpc) is 2.92. The first-order chi connectivity index (χ1) is 12.0. The molecule has 0 unspecified atom stereocenters. The number of hydrogen-bond donors (Lipinski definition) is 2. The van der Waals surface area contributed by atoms with Crippen molar-refractivity contribution in [2.24, 2.45) is 4.99 Å². The molecule has 0 aromatic carbocycles. The van der Waals surface area contributed by atoms with Crippen LogP contribution in [-0.4, -0.2) is 54.2 Å². The lowest BCUT2D eigenvalue weighted by atomic mass is 10.1. The molecule has 9 heteroatoms. The van der Waals surface area contributed by atoms with Crippen molar-refractivity contribution in [3.05, 3.63) is 17.3 Å². The van der Waals surface area contributed by atoms with Crippen molar-refractivity contribution in [1.82, 2.24) is 20.5 Å². The van der Waals surface area contributed by atoms with Gasteiger partial charge in [-0.25, -0.2) is 14.8 Å². The third-order valence-electron chi connectivity index (χ3n) is 4.15. The molecule has 1 saturated heterocycles. The van der Waals surface area contributed by atoms with Gasteiger partial charge in [0.2, 0.25) is 5.89 Å². The van der Waals surface area contributed by atoms with Gasteiger partial charge >= 0.3 is 6.09 Å². The van der Waals surface area contributed by atoms with Crippen molar-refractivity contribution in [1.29, 1.82) is 0 Å². The van der Waals surface area contributed by atoms with Crippen molar-refractivity contribution in [2.75, 3.05) is 26.2 Å². The third kappa shape index (κ3) is 6.65. The number of ether oxygens (including phenoxy) is 1. The average molecular weight is 479 g/mol. The van der Waals surface area contributed by atoms with Gasteiger partial charge in [-0.1, -0.05) is 0 Å². The number of aromatic nitrogens is 1. The van der Waals surface area contributed by atoms with E-state index in [1.165, 1.54) is 0 Å². The zero-order valence-corrected chi connectivity index (χ0v) is 18.3. The second-order valence-corrected chi connectivity index (χ2v) is 6.05. The highest BCUT2D eigenvalue weighted by molar-refractivity contribution is 14.0. The van der Waals surface area contributed by atoms with Gasteiger partial charge in [0.15, 0.2) is 5.96 Å². The zero-order valence-electron chi connectivity index (χ0n) is 16.0. The lowest BCUT2D eigenvalue weighted by Crippen LogP contribution is -2.49. The van der Waals surface area contributed by atoms with Gasteiger partial charge in [0.25, 0.3) is 0 Å². The number of rotatable bonds is 5. The van der Waals surface area contributed by atoms with E-state index >= 15 is 0 Å². The Labute approximate surface area is 172 Å². The molecule has 0 spiro atoms. The predicted molar refractivity (Wildman–Crippen MR) is 111 cm³/mol. The van der Waals surface area contributed by atoms with Crippen LogP contribution < -0.4 is 10.6 Å². The van der Waals surface area contributed by atoms with Crippen LogP contribution in [0.5, 0.6) is 0 Å². The van der Waals surface area contributed by atoms with Gasteiger partial charge in [-0.15, -0.1) is 24.0 Å². The lowest BCUT2D eigenvalue weighted by molar-refractivity contribution is 0.0963. The van der Waals surface area contributed by atoms with Crippen LogP contribution in [0.3, 0.4) is 0 Å². The van der Waals surface area contributed by atoms with Gasteiger partial charge in [0, 0.05) is 25.7 Å². The Morgan fingerprint density at radius 1 is 1.35 bits per heavy atom. The first-order valence-electron chi connectivity index (χ1n) is 8.92. The molecule has 1 amide bonds. The number of piperidine rings is 1. The first-order valence-corrected chi connectivity index (χ1v) is 8.92. The van der Waals surface area contributed by atoms with Crippen LogP contribution in [0, 0.1) is 13.8 Å². The Balaban J connectivity index is 0.00000338. The van der Waals surface area contributed by atoms with E-state index in [0.717, 1.165) is 36.8 Å². The molecule has 0 radical (unpaired) electrons. The summed E-state index contributed by atoms with van der Waals surface area (Å²) in [7, 11) is 0. The molecule has 0 bridgehead atoms. The van der Waals surface area contributed by atoms with Gasteiger partial charge in [-0.05, 0) is 40.5 Å². The fraction of sp³-hybridized carbons (Fsp3) is 0.706. The van der Waals surface area contributed by atoms with E-state index in [9.17, 15) is 4.79 Å². The molecule has 1 aliphatic heterocycles. The van der Waals surface area contributed by atoms with Crippen molar-refractivity contribution in [3.63, 3.8) is 0 Å². The van der Waals surface area contributed by atoms with Crippen molar-refractivity contribution in [3.8, 4) is 0 Å². The minimum atomic E-state index is -0.226. The summed E-state index contributed by atoms with van der Waals surface area (Å²) in [4.78, 5) is 22.4. The molecule has 0 atom stereocenters. The summed E-state index contributed by atoms with van der Waals surface area (Å²) in [6, 6.07) is 0.275. The van der Waals surface area contributed by atoms with E-state index in [0.29, 0.717) is 32.1 Å². The molecule has 1 aromatic heterocycles. The van der Waals surface area contributed by atoms with Gasteiger partial charge in [-0.2, -0.15) is 0 Å². The van der Waals surface area contributed by atoms with E-state index in [2.05, 4.69) is 20.6 Å². The minimum Gasteiger partial charge on any atom is -0.450 e. The van der Waals surface area contributed by atoms with Gasteiger partial charge in [-0.3, -0.25) is 0 Å². The molecule has 2 N–H and O–H groups in total. The zero-order chi connectivity index (χ0) is 18.2. The molecule has 8 nitrogen and oxygen atoms in total. The molecular formula is C17H30IN5O3. The molecule has 0 aliphatic carbocycles. The van der Waals surface area contributed by atoms with E-state index < -0.39 is 0 Å². The number of likely N-dealkylation sites (tertiary alicyclic amines) is 1. The topological polar surface area (TPSA) is 92.0 Å². The van der Waals surface area contributed by atoms with Crippen LogP contribution in [-0.2, 0) is 11.3 Å². The molecule has 1 aliphatic rings. The second kappa shape index (κ2) is 11.2. The Bertz CT molecular complexity index is 578. The number of carbonyl (C=O) groups is 1. The maximum Gasteiger partial charge on any atom is 0.409 e. The lowest BCUT2D eigenvalue weighted by Gasteiger charge is -2.32. The molecule has 1 aromatic rings. The van der Waals surface area contributed by atoms with Gasteiger partial charge in [0.05, 0.1) is 12.3 Å². The normalized spacial score (nSPS) is 15.4. The smallest absolute Gasteiger partial charge is 0.409 e. The van der Waals surface area contributed by atoms with Crippen LogP contribution in [0.1, 0.15) is 44.0 Å². The van der Waals surface area contributed by atoms with Crippen LogP contribution in [0.2, 0.25) is 0 Å². The highest BCUT2D eigenvalue weighted by Gasteiger charge is 2.24. The Hall–Kier alpha value is -1.52. The number of hydrogen-bond acceptors (Lipinski definition) is 5. The maximum atomic E-state index is 11.7. The second-order valence-electron chi connectivity index (χ2n) is 6.05. The summed E-state index contributed by atoms with van der Waals surface area (Å²) in [6.45, 7) is 10.6. The van der Waals surface area contributed by atoms with E-state index in [4.69, 9.17) is 9.15 Å². The largest absolute Gasteiger partial charge is 0.450 e.